The molecule has 1 aliphatic heterocycles. The van der Waals surface area contributed by atoms with Crippen LogP contribution in [0.2, 0.25) is 0 Å². The van der Waals surface area contributed by atoms with E-state index in [0.29, 0.717) is 11.1 Å². The molecular formula is C13H14F2N2O. The van der Waals surface area contributed by atoms with E-state index in [1.807, 2.05) is 6.07 Å². The van der Waals surface area contributed by atoms with E-state index in [4.69, 9.17) is 10.4 Å². The Balaban J connectivity index is 2.18. The molecule has 0 spiro atoms. The van der Waals surface area contributed by atoms with Crippen LogP contribution in [0.4, 0.5) is 8.78 Å². The highest BCUT2D eigenvalue weighted by Gasteiger charge is 2.31. The van der Waals surface area contributed by atoms with Gasteiger partial charge in [0, 0.05) is 19.1 Å². The number of hydrogen-bond donors (Lipinski definition) is 1. The standard InChI is InChI=1S/C13H14F2N2O/c14-11-2-1-9(5-16)10(3-11)6-17-7-12(15)4-13(17)8-18/h1-3,12-13,18H,4,6-8H2/t12-,13-/m0/s1. The lowest BCUT2D eigenvalue weighted by Crippen LogP contribution is -2.32. The lowest BCUT2D eigenvalue weighted by Gasteiger charge is -2.22. The molecule has 0 unspecified atom stereocenters. The van der Waals surface area contributed by atoms with Gasteiger partial charge >= 0.3 is 0 Å². The molecule has 0 saturated carbocycles. The van der Waals surface area contributed by atoms with Crippen LogP contribution in [0.15, 0.2) is 18.2 Å². The molecule has 1 saturated heterocycles. The first-order chi connectivity index (χ1) is 8.63. The van der Waals surface area contributed by atoms with E-state index in [2.05, 4.69) is 0 Å². The fourth-order valence-corrected chi connectivity index (χ4v) is 2.33. The zero-order valence-corrected chi connectivity index (χ0v) is 9.81. The van der Waals surface area contributed by atoms with Gasteiger partial charge in [0.1, 0.15) is 12.0 Å². The number of alkyl halides is 1. The summed E-state index contributed by atoms with van der Waals surface area (Å²) in [6.07, 6.45) is -0.686. The van der Waals surface area contributed by atoms with Gasteiger partial charge in [-0.2, -0.15) is 5.26 Å². The normalized spacial score (nSPS) is 24.1. The van der Waals surface area contributed by atoms with Crippen molar-refractivity contribution in [1.29, 1.82) is 5.26 Å². The molecule has 1 heterocycles. The molecule has 0 radical (unpaired) electrons. The molecule has 3 nitrogen and oxygen atoms in total. The average molecular weight is 252 g/mol. The predicted octanol–water partition coefficient (Wildman–Crippen LogP) is 1.60. The molecule has 0 aromatic heterocycles. The Kier molecular flexibility index (Phi) is 3.90. The third-order valence-corrected chi connectivity index (χ3v) is 3.25. The Hall–Kier alpha value is -1.51. The Bertz CT molecular complexity index is 473. The number of nitrogens with zero attached hydrogens (tertiary/aromatic N) is 2. The van der Waals surface area contributed by atoms with Gasteiger partial charge in [0.05, 0.1) is 18.2 Å². The number of aliphatic hydroxyl groups excluding tert-OH is 1. The minimum absolute atomic E-state index is 0.127. The number of benzene rings is 1. The molecule has 1 aliphatic rings. The minimum Gasteiger partial charge on any atom is -0.395 e. The Morgan fingerprint density at radius 3 is 2.94 bits per heavy atom. The summed E-state index contributed by atoms with van der Waals surface area (Å²) in [5.41, 5.74) is 0.917. The molecule has 18 heavy (non-hydrogen) atoms. The second-order valence-corrected chi connectivity index (χ2v) is 4.51. The molecule has 96 valence electrons. The van der Waals surface area contributed by atoms with Crippen LogP contribution in [0.3, 0.4) is 0 Å². The van der Waals surface area contributed by atoms with Crippen LogP contribution in [0.5, 0.6) is 0 Å². The first-order valence-corrected chi connectivity index (χ1v) is 5.81. The van der Waals surface area contributed by atoms with E-state index in [0.717, 1.165) is 0 Å². The van der Waals surface area contributed by atoms with E-state index in [9.17, 15) is 8.78 Å². The molecule has 5 heteroatoms. The number of hydrogen-bond acceptors (Lipinski definition) is 3. The third kappa shape index (κ3) is 2.66. The van der Waals surface area contributed by atoms with Crippen molar-refractivity contribution in [2.45, 2.75) is 25.2 Å². The van der Waals surface area contributed by atoms with E-state index in [1.54, 1.807) is 4.90 Å². The second-order valence-electron chi connectivity index (χ2n) is 4.51. The van der Waals surface area contributed by atoms with Gasteiger partial charge in [0.2, 0.25) is 0 Å². The Labute approximate surface area is 104 Å². The highest BCUT2D eigenvalue weighted by molar-refractivity contribution is 5.37. The highest BCUT2D eigenvalue weighted by atomic mass is 19.1. The maximum absolute atomic E-state index is 13.3. The van der Waals surface area contributed by atoms with Gasteiger partial charge in [0.25, 0.3) is 0 Å². The van der Waals surface area contributed by atoms with E-state index in [1.165, 1.54) is 18.2 Å². The van der Waals surface area contributed by atoms with E-state index in [-0.39, 0.29) is 32.2 Å². The van der Waals surface area contributed by atoms with Crippen LogP contribution >= 0.6 is 0 Å². The predicted molar refractivity (Wildman–Crippen MR) is 61.9 cm³/mol. The minimum atomic E-state index is -0.971. The molecule has 2 rings (SSSR count). The van der Waals surface area contributed by atoms with Crippen LogP contribution in [-0.2, 0) is 6.54 Å². The van der Waals surface area contributed by atoms with Crippen molar-refractivity contribution in [1.82, 2.24) is 4.90 Å². The number of likely N-dealkylation sites (tertiary alicyclic amines) is 1. The quantitative estimate of drug-likeness (QED) is 0.889. The van der Waals surface area contributed by atoms with E-state index < -0.39 is 12.0 Å². The fourth-order valence-electron chi connectivity index (χ4n) is 2.33. The topological polar surface area (TPSA) is 47.3 Å². The van der Waals surface area contributed by atoms with Crippen LogP contribution in [0, 0.1) is 17.1 Å². The SMILES string of the molecule is N#Cc1ccc(F)cc1CN1C[C@@H](F)C[C@H]1CO. The largest absolute Gasteiger partial charge is 0.395 e. The van der Waals surface area contributed by atoms with Crippen molar-refractivity contribution in [3.8, 4) is 6.07 Å². The van der Waals surface area contributed by atoms with Gasteiger partial charge in [-0.05, 0) is 30.2 Å². The Morgan fingerprint density at radius 1 is 1.50 bits per heavy atom. The molecule has 1 fully saturated rings. The van der Waals surface area contributed by atoms with Gasteiger partial charge in [-0.15, -0.1) is 0 Å². The van der Waals surface area contributed by atoms with Crippen molar-refractivity contribution >= 4 is 0 Å². The summed E-state index contributed by atoms with van der Waals surface area (Å²) in [6, 6.07) is 5.67. The summed E-state index contributed by atoms with van der Waals surface area (Å²) in [4.78, 5) is 1.75. The van der Waals surface area contributed by atoms with Gasteiger partial charge < -0.3 is 5.11 Å². The average Bonchev–Trinajstić information content (AvgIpc) is 2.70. The van der Waals surface area contributed by atoms with E-state index >= 15 is 0 Å². The summed E-state index contributed by atoms with van der Waals surface area (Å²) in [7, 11) is 0. The first-order valence-electron chi connectivity index (χ1n) is 5.81. The van der Waals surface area contributed by atoms with Crippen molar-refractivity contribution < 1.29 is 13.9 Å². The van der Waals surface area contributed by atoms with Gasteiger partial charge in [0.15, 0.2) is 0 Å². The number of aliphatic hydroxyl groups is 1. The first kappa shape index (κ1) is 12.9. The lowest BCUT2D eigenvalue weighted by molar-refractivity contribution is 0.153. The summed E-state index contributed by atoms with van der Waals surface area (Å²) >= 11 is 0. The number of halogens is 2. The van der Waals surface area contributed by atoms with Gasteiger partial charge in [-0.3, -0.25) is 4.90 Å². The van der Waals surface area contributed by atoms with Crippen LogP contribution in [-0.4, -0.2) is 35.4 Å². The van der Waals surface area contributed by atoms with Crippen LogP contribution in [0.25, 0.3) is 0 Å². The summed E-state index contributed by atoms with van der Waals surface area (Å²) in [6.45, 7) is 0.372. The molecule has 2 atom stereocenters. The Morgan fingerprint density at radius 2 is 2.28 bits per heavy atom. The monoisotopic (exact) mass is 252 g/mol. The molecule has 0 bridgehead atoms. The molecule has 0 aliphatic carbocycles. The molecular weight excluding hydrogens is 238 g/mol. The summed E-state index contributed by atoms with van der Waals surface area (Å²) in [5, 5.41) is 18.1. The van der Waals surface area contributed by atoms with Crippen LogP contribution < -0.4 is 0 Å². The maximum Gasteiger partial charge on any atom is 0.123 e. The van der Waals surface area contributed by atoms with Crippen molar-refractivity contribution in [3.63, 3.8) is 0 Å². The molecule has 1 aromatic rings. The third-order valence-electron chi connectivity index (χ3n) is 3.25. The van der Waals surface area contributed by atoms with Crippen molar-refractivity contribution in [2.75, 3.05) is 13.2 Å². The van der Waals surface area contributed by atoms with Gasteiger partial charge in [-0.1, -0.05) is 0 Å². The van der Waals surface area contributed by atoms with Crippen molar-refractivity contribution in [3.05, 3.63) is 35.1 Å². The van der Waals surface area contributed by atoms with Crippen molar-refractivity contribution in [2.24, 2.45) is 0 Å². The highest BCUT2D eigenvalue weighted by Crippen LogP contribution is 2.23. The summed E-state index contributed by atoms with van der Waals surface area (Å²) in [5.74, 6) is -0.416. The molecule has 1 aromatic carbocycles. The molecule has 0 amide bonds. The van der Waals surface area contributed by atoms with Crippen LogP contribution in [0.1, 0.15) is 17.5 Å². The second kappa shape index (κ2) is 5.42. The maximum atomic E-state index is 13.3. The smallest absolute Gasteiger partial charge is 0.123 e. The number of rotatable bonds is 3. The number of nitriles is 1. The molecule has 1 N–H and O–H groups in total. The zero-order valence-electron chi connectivity index (χ0n) is 9.81. The van der Waals surface area contributed by atoms with Gasteiger partial charge in [-0.25, -0.2) is 8.78 Å². The fraction of sp³-hybridized carbons (Fsp3) is 0.462. The summed E-state index contributed by atoms with van der Waals surface area (Å²) < 4.78 is 26.4. The zero-order chi connectivity index (χ0) is 13.1. The lowest BCUT2D eigenvalue weighted by atomic mass is 10.1.